The second kappa shape index (κ2) is 6.99. The summed E-state index contributed by atoms with van der Waals surface area (Å²) in [7, 11) is 1.67. The van der Waals surface area contributed by atoms with Gasteiger partial charge in [0.25, 0.3) is 0 Å². The van der Waals surface area contributed by atoms with E-state index in [0.717, 1.165) is 18.5 Å². The summed E-state index contributed by atoms with van der Waals surface area (Å²) in [5.41, 5.74) is 0.961. The van der Waals surface area contributed by atoms with Gasteiger partial charge in [0.1, 0.15) is 5.82 Å². The number of rotatable bonds is 6. The van der Waals surface area contributed by atoms with E-state index in [9.17, 15) is 4.39 Å². The lowest BCUT2D eigenvalue weighted by atomic mass is 10.1. The van der Waals surface area contributed by atoms with Gasteiger partial charge in [-0.1, -0.05) is 19.1 Å². The lowest BCUT2D eigenvalue weighted by Gasteiger charge is -2.17. The van der Waals surface area contributed by atoms with E-state index in [0.29, 0.717) is 11.1 Å². The van der Waals surface area contributed by atoms with E-state index >= 15 is 0 Å². The van der Waals surface area contributed by atoms with Gasteiger partial charge in [0.2, 0.25) is 0 Å². The molecule has 0 amide bonds. The van der Waals surface area contributed by atoms with Crippen LogP contribution in [0.25, 0.3) is 0 Å². The summed E-state index contributed by atoms with van der Waals surface area (Å²) in [6, 6.07) is 5.32. The van der Waals surface area contributed by atoms with Crippen molar-refractivity contribution in [1.82, 2.24) is 5.32 Å². The number of likely N-dealkylation sites (N-methyl/N-ethyl adjacent to an activating group) is 1. The van der Waals surface area contributed by atoms with E-state index in [1.807, 2.05) is 13.0 Å². The maximum atomic E-state index is 13.3. The van der Waals surface area contributed by atoms with Crippen molar-refractivity contribution in [2.45, 2.75) is 19.4 Å². The molecule has 1 rings (SSSR count). The summed E-state index contributed by atoms with van der Waals surface area (Å²) in [6.45, 7) is 3.54. The molecule has 0 bridgehead atoms. The van der Waals surface area contributed by atoms with Crippen LogP contribution in [0.3, 0.4) is 0 Å². The molecule has 0 fully saturated rings. The average Bonchev–Trinajstić information content (AvgIpc) is 2.25. The fourth-order valence-corrected chi connectivity index (χ4v) is 2.08. The van der Waals surface area contributed by atoms with Gasteiger partial charge in [0.15, 0.2) is 0 Å². The lowest BCUT2D eigenvalue weighted by Crippen LogP contribution is -2.35. The molecule has 1 aromatic carbocycles. The van der Waals surface area contributed by atoms with E-state index in [-0.39, 0.29) is 11.9 Å². The Morgan fingerprint density at radius 3 is 2.88 bits per heavy atom. The third-order valence-corrected chi connectivity index (χ3v) is 3.25. The fraction of sp³-hybridized carbons (Fsp3) is 0.500. The Labute approximate surface area is 104 Å². The first-order valence-corrected chi connectivity index (χ1v) is 6.13. The van der Waals surface area contributed by atoms with Crippen LogP contribution in [-0.2, 0) is 11.2 Å². The number of hydrogen-bond acceptors (Lipinski definition) is 2. The fourth-order valence-electron chi connectivity index (χ4n) is 1.65. The summed E-state index contributed by atoms with van der Waals surface area (Å²) in [4.78, 5) is 0. The van der Waals surface area contributed by atoms with Crippen molar-refractivity contribution in [2.75, 3.05) is 20.3 Å². The second-order valence-electron chi connectivity index (χ2n) is 3.63. The minimum Gasteiger partial charge on any atom is -0.383 e. The first-order valence-electron chi connectivity index (χ1n) is 5.34. The Kier molecular flexibility index (Phi) is 5.95. The van der Waals surface area contributed by atoms with Gasteiger partial charge in [-0.2, -0.15) is 0 Å². The molecule has 1 aromatic rings. The highest BCUT2D eigenvalue weighted by Gasteiger charge is 2.12. The molecule has 1 atom stereocenters. The zero-order valence-electron chi connectivity index (χ0n) is 9.59. The van der Waals surface area contributed by atoms with Crippen LogP contribution < -0.4 is 5.32 Å². The van der Waals surface area contributed by atoms with E-state index in [1.54, 1.807) is 13.2 Å². The quantitative estimate of drug-likeness (QED) is 0.870. The van der Waals surface area contributed by atoms with Gasteiger partial charge in [-0.3, -0.25) is 0 Å². The van der Waals surface area contributed by atoms with Crippen LogP contribution in [-0.4, -0.2) is 26.3 Å². The van der Waals surface area contributed by atoms with E-state index in [4.69, 9.17) is 4.74 Å². The van der Waals surface area contributed by atoms with Crippen molar-refractivity contribution >= 4 is 15.9 Å². The van der Waals surface area contributed by atoms with Crippen LogP contribution in [0.15, 0.2) is 22.7 Å². The Morgan fingerprint density at radius 2 is 2.25 bits per heavy atom. The van der Waals surface area contributed by atoms with E-state index in [1.165, 1.54) is 6.07 Å². The predicted molar refractivity (Wildman–Crippen MR) is 67.1 cm³/mol. The highest BCUT2D eigenvalue weighted by atomic mass is 79.9. The summed E-state index contributed by atoms with van der Waals surface area (Å²) in [5.74, 6) is -0.217. The molecule has 1 unspecified atom stereocenters. The Bertz CT molecular complexity index is 327. The van der Waals surface area contributed by atoms with Crippen molar-refractivity contribution in [3.05, 3.63) is 34.1 Å². The largest absolute Gasteiger partial charge is 0.383 e. The Hall–Kier alpha value is -0.450. The molecule has 0 saturated heterocycles. The standard InChI is InChI=1S/C12H17BrFNO/c1-3-15-10(8-16-2)7-9-5-4-6-11(14)12(9)13/h4-6,10,15H,3,7-8H2,1-2H3. The number of methoxy groups -OCH3 is 1. The third kappa shape index (κ3) is 3.85. The Balaban J connectivity index is 2.72. The summed E-state index contributed by atoms with van der Waals surface area (Å²) in [5, 5.41) is 3.31. The Morgan fingerprint density at radius 1 is 1.50 bits per heavy atom. The molecule has 16 heavy (non-hydrogen) atoms. The highest BCUT2D eigenvalue weighted by Crippen LogP contribution is 2.21. The van der Waals surface area contributed by atoms with Crippen LogP contribution >= 0.6 is 15.9 Å². The van der Waals surface area contributed by atoms with Gasteiger partial charge in [0.05, 0.1) is 11.1 Å². The molecule has 0 radical (unpaired) electrons. The molecule has 1 N–H and O–H groups in total. The minimum atomic E-state index is -0.217. The predicted octanol–water partition coefficient (Wildman–Crippen LogP) is 2.76. The first kappa shape index (κ1) is 13.6. The lowest BCUT2D eigenvalue weighted by molar-refractivity contribution is 0.167. The average molecular weight is 290 g/mol. The molecular weight excluding hydrogens is 273 g/mol. The van der Waals surface area contributed by atoms with Gasteiger partial charge >= 0.3 is 0 Å². The molecule has 0 heterocycles. The van der Waals surface area contributed by atoms with Crippen molar-refractivity contribution in [2.24, 2.45) is 0 Å². The SMILES string of the molecule is CCNC(COC)Cc1cccc(F)c1Br. The van der Waals surface area contributed by atoms with Crippen molar-refractivity contribution in [1.29, 1.82) is 0 Å². The number of ether oxygens (including phenoxy) is 1. The monoisotopic (exact) mass is 289 g/mol. The third-order valence-electron chi connectivity index (χ3n) is 2.36. The van der Waals surface area contributed by atoms with Crippen LogP contribution in [0.2, 0.25) is 0 Å². The minimum absolute atomic E-state index is 0.216. The van der Waals surface area contributed by atoms with Crippen molar-refractivity contribution < 1.29 is 9.13 Å². The first-order chi connectivity index (χ1) is 7.69. The van der Waals surface area contributed by atoms with Crippen LogP contribution in [0.5, 0.6) is 0 Å². The molecule has 0 aromatic heterocycles. The molecule has 90 valence electrons. The van der Waals surface area contributed by atoms with E-state index in [2.05, 4.69) is 21.2 Å². The molecule has 0 saturated carbocycles. The van der Waals surface area contributed by atoms with Crippen molar-refractivity contribution in [3.8, 4) is 0 Å². The van der Waals surface area contributed by atoms with Gasteiger partial charge in [0, 0.05) is 13.2 Å². The van der Waals surface area contributed by atoms with Gasteiger partial charge in [-0.15, -0.1) is 0 Å². The smallest absolute Gasteiger partial charge is 0.137 e. The molecular formula is C12H17BrFNO. The number of nitrogens with one attached hydrogen (secondary N) is 1. The van der Waals surface area contributed by atoms with Gasteiger partial charge in [-0.25, -0.2) is 4.39 Å². The second-order valence-corrected chi connectivity index (χ2v) is 4.42. The molecule has 4 heteroatoms. The maximum absolute atomic E-state index is 13.3. The number of halogens is 2. The normalized spacial score (nSPS) is 12.8. The summed E-state index contributed by atoms with van der Waals surface area (Å²) in [6.07, 6.45) is 0.750. The summed E-state index contributed by atoms with van der Waals surface area (Å²) >= 11 is 3.27. The van der Waals surface area contributed by atoms with Crippen LogP contribution in [0, 0.1) is 5.82 Å². The number of benzene rings is 1. The maximum Gasteiger partial charge on any atom is 0.137 e. The molecule has 0 aliphatic carbocycles. The van der Waals surface area contributed by atoms with Gasteiger partial charge in [-0.05, 0) is 40.5 Å². The highest BCUT2D eigenvalue weighted by molar-refractivity contribution is 9.10. The van der Waals surface area contributed by atoms with Crippen LogP contribution in [0.1, 0.15) is 12.5 Å². The molecule has 0 aliphatic rings. The topological polar surface area (TPSA) is 21.3 Å². The summed E-state index contributed by atoms with van der Waals surface area (Å²) < 4.78 is 19.0. The van der Waals surface area contributed by atoms with Crippen molar-refractivity contribution in [3.63, 3.8) is 0 Å². The number of hydrogen-bond donors (Lipinski definition) is 1. The zero-order valence-corrected chi connectivity index (χ0v) is 11.2. The van der Waals surface area contributed by atoms with Crippen LogP contribution in [0.4, 0.5) is 4.39 Å². The molecule has 2 nitrogen and oxygen atoms in total. The molecule has 0 spiro atoms. The molecule has 0 aliphatic heterocycles. The zero-order chi connectivity index (χ0) is 12.0. The van der Waals surface area contributed by atoms with Gasteiger partial charge < -0.3 is 10.1 Å². The van der Waals surface area contributed by atoms with E-state index < -0.39 is 0 Å².